The fraction of sp³-hybridized carbons (Fsp3) is 0. The van der Waals surface area contributed by atoms with Gasteiger partial charge in [0.15, 0.2) is 0 Å². The Balaban J connectivity index is 0. The summed E-state index contributed by atoms with van der Waals surface area (Å²) in [7, 11) is 0. The molecule has 0 rings (SSSR count). The first-order chi connectivity index (χ1) is 0. The van der Waals surface area contributed by atoms with Crippen LogP contribution in [0.25, 0.3) is 0 Å². The van der Waals surface area contributed by atoms with Gasteiger partial charge in [0, 0.05) is 0 Å². The second-order valence-corrected chi connectivity index (χ2v) is 0. The smallest absolute Gasteiger partial charge is 2.00 e. The zero-order valence-corrected chi connectivity index (χ0v) is 6.72. The van der Waals surface area contributed by atoms with Gasteiger partial charge >= 0.3 is 36.8 Å². The van der Waals surface area contributed by atoms with E-state index in [-0.39, 0.29) is 53.3 Å². The van der Waals surface area contributed by atoms with E-state index in [0.717, 1.165) is 0 Å². The van der Waals surface area contributed by atoms with E-state index in [1.807, 2.05) is 0 Å². The molecule has 0 aromatic rings. The summed E-state index contributed by atoms with van der Waals surface area (Å²) in [5, 5.41) is 0. The Bertz CT molecular complexity index is 6.85. The van der Waals surface area contributed by atoms with E-state index in [4.69, 9.17) is 0 Å². The van der Waals surface area contributed by atoms with Crippen LogP contribution in [0.5, 0.6) is 0 Å². The molecule has 0 saturated carbocycles. The molecule has 2 N–H and O–H groups in total. The van der Waals surface area contributed by atoms with Gasteiger partial charge in [-0.3, -0.25) is 0 Å². The molecule has 0 saturated heterocycles. The van der Waals surface area contributed by atoms with Gasteiger partial charge in [-0.15, -0.1) is 0 Å². The van der Waals surface area contributed by atoms with Crippen molar-refractivity contribution in [3.05, 3.63) is 0 Å². The molecule has 0 aromatic heterocycles. The zero-order valence-electron chi connectivity index (χ0n) is 2.60. The van der Waals surface area contributed by atoms with Crippen LogP contribution in [-0.2, 0) is 30.4 Å². The topological polar surface area (TPSA) is 88.5 Å². The molecule has 24 valence electrons. The van der Waals surface area contributed by atoms with Crippen molar-refractivity contribution in [1.82, 2.24) is 0 Å². The van der Waals surface area contributed by atoms with Gasteiger partial charge in [0.1, 0.15) is 0 Å². The summed E-state index contributed by atoms with van der Waals surface area (Å²) in [6, 6.07) is 0. The molecule has 5 heavy (non-hydrogen) atoms. The van der Waals surface area contributed by atoms with Crippen LogP contribution in [0, 0.1) is 0 Å². The van der Waals surface area contributed by atoms with Crippen LogP contribution in [-0.4, -0.2) is 22.8 Å². The normalized spacial score (nSPS) is 0. The minimum absolute atomic E-state index is 0. The van der Waals surface area contributed by atoms with Crippen LogP contribution in [0.1, 0.15) is 0 Å². The molecule has 0 spiro atoms. The van der Waals surface area contributed by atoms with Crippen molar-refractivity contribution >= 4 is 17.4 Å². The summed E-state index contributed by atoms with van der Waals surface area (Å²) in [4.78, 5) is 0. The third kappa shape index (κ3) is 43.3. The summed E-state index contributed by atoms with van der Waals surface area (Å²) in [5.41, 5.74) is 0. The Morgan fingerprint density at radius 2 is 0.800 bits per heavy atom. The predicted molar refractivity (Wildman–Crippen MR) is 10.7 cm³/mol. The number of rotatable bonds is 0. The molecule has 0 atom stereocenters. The Hall–Kier alpha value is 1.04. The van der Waals surface area contributed by atoms with Crippen molar-refractivity contribution in [1.29, 1.82) is 0 Å². The quantitative estimate of drug-likeness (QED) is 0.371. The Morgan fingerprint density at radius 3 is 0.800 bits per heavy atom. The minimum Gasteiger partial charge on any atom is -2.00 e. The van der Waals surface area contributed by atoms with E-state index >= 15 is 0 Å². The Labute approximate surface area is 53.6 Å². The van der Waals surface area contributed by atoms with Gasteiger partial charge in [-0.1, -0.05) is 0 Å². The predicted octanol–water partition coefficient (Wildman–Crippen LogP) is -1.45. The third-order valence-electron chi connectivity index (χ3n) is 0. The van der Waals surface area contributed by atoms with Crippen LogP contribution in [0.4, 0.5) is 0 Å². The molecule has 0 fully saturated rings. The summed E-state index contributed by atoms with van der Waals surface area (Å²) in [6.07, 6.45) is 0. The van der Waals surface area contributed by atoms with Crippen molar-refractivity contribution in [3.8, 4) is 0 Å². The molecule has 0 aliphatic carbocycles. The van der Waals surface area contributed by atoms with Crippen LogP contribution in [0.3, 0.4) is 0 Å². The largest absolute Gasteiger partial charge is 3.00 e. The summed E-state index contributed by atoms with van der Waals surface area (Å²) < 4.78 is 0. The van der Waals surface area contributed by atoms with Crippen molar-refractivity contribution in [2.45, 2.75) is 0 Å². The summed E-state index contributed by atoms with van der Waals surface area (Å²) in [5.74, 6) is 0. The average molecular weight is 142 g/mol. The van der Waals surface area contributed by atoms with Gasteiger partial charge in [-0.2, -0.15) is 0 Å². The second-order valence-electron chi connectivity index (χ2n) is 0. The zero-order chi connectivity index (χ0) is 0. The van der Waals surface area contributed by atoms with Gasteiger partial charge in [-0.05, 0) is 0 Å². The van der Waals surface area contributed by atoms with Crippen LogP contribution in [0.15, 0.2) is 0 Å². The first-order valence-corrected chi connectivity index (χ1v) is 0. The van der Waals surface area contributed by atoms with E-state index in [1.165, 1.54) is 0 Å². The van der Waals surface area contributed by atoms with E-state index in [1.54, 1.807) is 0 Å². The molecule has 0 aromatic carbocycles. The number of hydrogen-bond donors (Lipinski definition) is 0. The monoisotopic (exact) mass is 141 g/mol. The van der Waals surface area contributed by atoms with Crippen LogP contribution in [0.2, 0.25) is 0 Å². The summed E-state index contributed by atoms with van der Waals surface area (Å²) >= 11 is 0. The molecule has 0 amide bonds. The molecule has 0 heterocycles. The molecule has 0 aliphatic heterocycles. The molecule has 5 heteroatoms. The average Bonchev–Trinajstić information content (AvgIpc) is 0. The number of hydrogen-bond acceptors (Lipinski definition) is 0. The van der Waals surface area contributed by atoms with E-state index in [9.17, 15) is 0 Å². The molecule has 3 nitrogen and oxygen atoms in total. The second kappa shape index (κ2) is 76.4. The van der Waals surface area contributed by atoms with Crippen molar-refractivity contribution in [2.24, 2.45) is 0 Å². The Kier molecular flexibility index (Phi) is 2180. The standard InChI is InChI=1S/Al.H2O.2O.Zn/h;1H2;;;/q+3;;2*-2;+2. The minimum atomic E-state index is 0. The van der Waals surface area contributed by atoms with E-state index in [2.05, 4.69) is 0 Å². The molecule has 0 bridgehead atoms. The molecular formula is H2AlO3Zn+. The fourth-order valence-corrected chi connectivity index (χ4v) is 0. The van der Waals surface area contributed by atoms with Crippen LogP contribution >= 0.6 is 0 Å². The van der Waals surface area contributed by atoms with E-state index in [0.29, 0.717) is 0 Å². The first-order valence-electron chi connectivity index (χ1n) is 0. The van der Waals surface area contributed by atoms with E-state index < -0.39 is 0 Å². The van der Waals surface area contributed by atoms with Crippen molar-refractivity contribution in [3.63, 3.8) is 0 Å². The van der Waals surface area contributed by atoms with Gasteiger partial charge in [0.2, 0.25) is 0 Å². The third-order valence-corrected chi connectivity index (χ3v) is 0. The SMILES string of the molecule is O.[Al+3].[O-2].[O-2].[Zn+2]. The molecular weight excluding hydrogens is 140 g/mol. The van der Waals surface area contributed by atoms with Gasteiger partial charge in [0.25, 0.3) is 0 Å². The summed E-state index contributed by atoms with van der Waals surface area (Å²) in [6.45, 7) is 0. The maximum Gasteiger partial charge on any atom is 3.00 e. The Morgan fingerprint density at radius 1 is 0.800 bits per heavy atom. The maximum atomic E-state index is 0. The first kappa shape index (κ1) is 143. The fourth-order valence-electron chi connectivity index (χ4n) is 0. The maximum absolute atomic E-state index is 0. The van der Waals surface area contributed by atoms with Gasteiger partial charge in [0.05, 0.1) is 0 Å². The van der Waals surface area contributed by atoms with Gasteiger partial charge < -0.3 is 16.4 Å². The van der Waals surface area contributed by atoms with Crippen molar-refractivity contribution in [2.75, 3.05) is 0 Å². The molecule has 0 unspecified atom stereocenters. The molecule has 0 radical (unpaired) electrons. The molecule has 0 aliphatic rings. The van der Waals surface area contributed by atoms with Crippen molar-refractivity contribution < 1.29 is 35.9 Å². The van der Waals surface area contributed by atoms with Crippen LogP contribution < -0.4 is 0 Å². The van der Waals surface area contributed by atoms with Gasteiger partial charge in [-0.25, -0.2) is 0 Å².